The first-order chi connectivity index (χ1) is 14.2. The normalized spacial score (nSPS) is 24.7. The molecular weight excluding hydrogens is 406 g/mol. The molecule has 0 bridgehead atoms. The molecule has 8 nitrogen and oxygen atoms in total. The van der Waals surface area contributed by atoms with E-state index in [1.807, 2.05) is 12.2 Å². The second-order valence-corrected chi connectivity index (χ2v) is 9.97. The summed E-state index contributed by atoms with van der Waals surface area (Å²) in [6, 6.07) is 4.27. The SMILES string of the molecule is CCC(=O)Nc1ccc(S(=O)(=O)N2CC(N3C(=O)C4CC=CCC4C3=O)C2)c(C)c1. The van der Waals surface area contributed by atoms with Crippen LogP contribution in [0.3, 0.4) is 0 Å². The Hall–Kier alpha value is -2.52. The predicted octanol–water partition coefficient (Wildman–Crippen LogP) is 1.67. The number of anilines is 1. The first-order valence-corrected chi connectivity index (χ1v) is 11.6. The maximum Gasteiger partial charge on any atom is 0.243 e. The molecule has 2 saturated heterocycles. The number of hydrogen-bond acceptors (Lipinski definition) is 5. The van der Waals surface area contributed by atoms with Crippen molar-refractivity contribution in [3.63, 3.8) is 0 Å². The predicted molar refractivity (Wildman–Crippen MR) is 110 cm³/mol. The van der Waals surface area contributed by atoms with Gasteiger partial charge in [0, 0.05) is 25.2 Å². The lowest BCUT2D eigenvalue weighted by atomic mass is 9.85. The van der Waals surface area contributed by atoms with Crippen LogP contribution >= 0.6 is 0 Å². The molecule has 0 aromatic heterocycles. The Bertz CT molecular complexity index is 1020. The molecule has 1 N–H and O–H groups in total. The van der Waals surface area contributed by atoms with Crippen LogP contribution in [-0.2, 0) is 24.4 Å². The molecule has 0 radical (unpaired) electrons. The molecule has 3 aliphatic rings. The van der Waals surface area contributed by atoms with Gasteiger partial charge < -0.3 is 5.32 Å². The number of sulfonamides is 1. The smallest absolute Gasteiger partial charge is 0.243 e. The highest BCUT2D eigenvalue weighted by Crippen LogP contribution is 2.38. The lowest BCUT2D eigenvalue weighted by molar-refractivity contribution is -0.145. The van der Waals surface area contributed by atoms with E-state index in [9.17, 15) is 22.8 Å². The molecule has 2 fully saturated rings. The van der Waals surface area contributed by atoms with E-state index < -0.39 is 16.1 Å². The third-order valence-electron chi connectivity index (χ3n) is 6.13. The second kappa shape index (κ2) is 7.63. The third-order valence-corrected chi connectivity index (χ3v) is 8.13. The molecule has 1 aliphatic carbocycles. The molecule has 0 spiro atoms. The van der Waals surface area contributed by atoms with Crippen molar-refractivity contribution >= 4 is 33.4 Å². The first kappa shape index (κ1) is 20.7. The summed E-state index contributed by atoms with van der Waals surface area (Å²) in [4.78, 5) is 38.4. The third kappa shape index (κ3) is 3.35. The van der Waals surface area contributed by atoms with Crippen LogP contribution in [0.4, 0.5) is 5.69 Å². The van der Waals surface area contributed by atoms with E-state index in [2.05, 4.69) is 5.32 Å². The van der Waals surface area contributed by atoms with Crippen molar-refractivity contribution in [3.8, 4) is 0 Å². The van der Waals surface area contributed by atoms with Crippen molar-refractivity contribution in [1.82, 2.24) is 9.21 Å². The van der Waals surface area contributed by atoms with Crippen molar-refractivity contribution in [2.75, 3.05) is 18.4 Å². The highest BCUT2D eigenvalue weighted by molar-refractivity contribution is 7.89. The fourth-order valence-electron chi connectivity index (χ4n) is 4.37. The lowest BCUT2D eigenvalue weighted by Gasteiger charge is -2.42. The van der Waals surface area contributed by atoms with Gasteiger partial charge in [0.05, 0.1) is 22.8 Å². The topological polar surface area (TPSA) is 104 Å². The Kier molecular flexibility index (Phi) is 5.27. The van der Waals surface area contributed by atoms with Gasteiger partial charge in [-0.25, -0.2) is 8.42 Å². The fourth-order valence-corrected chi connectivity index (χ4v) is 6.09. The zero-order chi connectivity index (χ0) is 21.6. The van der Waals surface area contributed by atoms with E-state index in [0.29, 0.717) is 30.5 Å². The average molecular weight is 432 g/mol. The van der Waals surface area contributed by atoms with Crippen molar-refractivity contribution in [1.29, 1.82) is 0 Å². The molecule has 3 amide bonds. The number of carbonyl (C=O) groups excluding carboxylic acids is 3. The Morgan fingerprint density at radius 2 is 1.70 bits per heavy atom. The summed E-state index contributed by atoms with van der Waals surface area (Å²) in [7, 11) is -3.75. The summed E-state index contributed by atoms with van der Waals surface area (Å²) in [5.74, 6) is -1.11. The molecule has 4 rings (SSSR count). The number of amides is 3. The van der Waals surface area contributed by atoms with Gasteiger partial charge in [-0.1, -0.05) is 19.1 Å². The van der Waals surface area contributed by atoms with E-state index in [1.54, 1.807) is 26.0 Å². The van der Waals surface area contributed by atoms with Gasteiger partial charge in [-0.15, -0.1) is 0 Å². The number of allylic oxidation sites excluding steroid dienone is 2. The van der Waals surface area contributed by atoms with Gasteiger partial charge in [-0.05, 0) is 43.5 Å². The Balaban J connectivity index is 1.46. The van der Waals surface area contributed by atoms with Crippen LogP contribution in [0.2, 0.25) is 0 Å². The van der Waals surface area contributed by atoms with Crippen LogP contribution in [0.25, 0.3) is 0 Å². The van der Waals surface area contributed by atoms with Gasteiger partial charge >= 0.3 is 0 Å². The van der Waals surface area contributed by atoms with E-state index >= 15 is 0 Å². The molecule has 9 heteroatoms. The largest absolute Gasteiger partial charge is 0.326 e. The number of fused-ring (bicyclic) bond motifs is 1. The minimum atomic E-state index is -3.75. The molecule has 2 unspecified atom stereocenters. The quantitative estimate of drug-likeness (QED) is 0.564. The van der Waals surface area contributed by atoms with Crippen LogP contribution in [-0.4, -0.2) is 54.5 Å². The number of nitrogens with zero attached hydrogens (tertiary/aromatic N) is 2. The standard InChI is InChI=1S/C21H25N3O5S/c1-3-19(25)22-14-8-9-18(13(2)10-14)30(28,29)23-11-15(12-23)24-20(26)16-6-4-5-7-17(16)21(24)27/h4-5,8-10,15-17H,3,6-7,11-12H2,1-2H3,(H,22,25). The summed E-state index contributed by atoms with van der Waals surface area (Å²) >= 11 is 0. The summed E-state index contributed by atoms with van der Waals surface area (Å²) in [5.41, 5.74) is 1.07. The second-order valence-electron chi connectivity index (χ2n) is 8.06. The van der Waals surface area contributed by atoms with Crippen LogP contribution < -0.4 is 5.32 Å². The van der Waals surface area contributed by atoms with Gasteiger partial charge in [-0.3, -0.25) is 19.3 Å². The van der Waals surface area contributed by atoms with Crippen LogP contribution in [0, 0.1) is 18.8 Å². The first-order valence-electron chi connectivity index (χ1n) is 10.2. The number of rotatable bonds is 5. The highest BCUT2D eigenvalue weighted by Gasteiger charge is 2.53. The van der Waals surface area contributed by atoms with Gasteiger partial charge in [-0.2, -0.15) is 4.31 Å². The fraction of sp³-hybridized carbons (Fsp3) is 0.476. The minimum absolute atomic E-state index is 0.112. The number of hydrogen-bond donors (Lipinski definition) is 1. The van der Waals surface area contributed by atoms with Crippen molar-refractivity contribution in [2.24, 2.45) is 11.8 Å². The molecule has 2 heterocycles. The molecule has 0 saturated carbocycles. The summed E-state index contributed by atoms with van der Waals surface area (Å²) in [6.45, 7) is 3.64. The zero-order valence-corrected chi connectivity index (χ0v) is 17.8. The number of nitrogens with one attached hydrogen (secondary N) is 1. The lowest BCUT2D eigenvalue weighted by Crippen LogP contribution is -2.62. The number of benzene rings is 1. The van der Waals surface area contributed by atoms with Gasteiger partial charge in [0.1, 0.15) is 0 Å². The number of imide groups is 1. The van der Waals surface area contributed by atoms with Gasteiger partial charge in [0.2, 0.25) is 27.7 Å². The molecule has 160 valence electrons. The van der Waals surface area contributed by atoms with Gasteiger partial charge in [0.25, 0.3) is 0 Å². The van der Waals surface area contributed by atoms with Gasteiger partial charge in [0.15, 0.2) is 0 Å². The molecule has 1 aromatic rings. The average Bonchev–Trinajstić information content (AvgIpc) is 2.92. The van der Waals surface area contributed by atoms with Crippen LogP contribution in [0.5, 0.6) is 0 Å². The minimum Gasteiger partial charge on any atom is -0.326 e. The number of carbonyl (C=O) groups is 3. The molecule has 30 heavy (non-hydrogen) atoms. The molecular formula is C21H25N3O5S. The molecule has 2 aliphatic heterocycles. The van der Waals surface area contributed by atoms with Crippen molar-refractivity contribution in [2.45, 2.75) is 44.0 Å². The maximum atomic E-state index is 13.0. The van der Waals surface area contributed by atoms with E-state index in [4.69, 9.17) is 0 Å². The molecule has 2 atom stereocenters. The Morgan fingerprint density at radius 3 is 2.23 bits per heavy atom. The van der Waals surface area contributed by atoms with Crippen molar-refractivity contribution in [3.05, 3.63) is 35.9 Å². The van der Waals surface area contributed by atoms with E-state index in [1.165, 1.54) is 15.3 Å². The summed E-state index contributed by atoms with van der Waals surface area (Å²) in [6.07, 6.45) is 5.34. The van der Waals surface area contributed by atoms with Crippen LogP contribution in [0.15, 0.2) is 35.2 Å². The van der Waals surface area contributed by atoms with E-state index in [-0.39, 0.29) is 47.5 Å². The van der Waals surface area contributed by atoms with E-state index in [0.717, 1.165) is 0 Å². The Labute approximate surface area is 176 Å². The summed E-state index contributed by atoms with van der Waals surface area (Å²) < 4.78 is 27.4. The maximum absolute atomic E-state index is 13.0. The monoisotopic (exact) mass is 431 g/mol. The summed E-state index contributed by atoms with van der Waals surface area (Å²) in [5, 5.41) is 2.71. The van der Waals surface area contributed by atoms with Crippen molar-refractivity contribution < 1.29 is 22.8 Å². The Morgan fingerprint density at radius 1 is 1.10 bits per heavy atom. The zero-order valence-electron chi connectivity index (χ0n) is 17.0. The molecule has 1 aromatic carbocycles. The number of aryl methyl sites for hydroxylation is 1. The highest BCUT2D eigenvalue weighted by atomic mass is 32.2. The van der Waals surface area contributed by atoms with Crippen LogP contribution in [0.1, 0.15) is 31.7 Å². The number of likely N-dealkylation sites (tertiary alicyclic amines) is 1.